The van der Waals surface area contributed by atoms with Crippen molar-refractivity contribution in [3.8, 4) is 0 Å². The van der Waals surface area contributed by atoms with Crippen molar-refractivity contribution in [1.29, 1.82) is 0 Å². The standard InChI is InChI=1S/C21H18Cl2N2O3S/c1-25(14-15-7-9-16(22)10-8-15)21(26)19-13-17(11-12-20(19)23)24-29(27,28)18-5-3-2-4-6-18/h2-13,24H,14H2,1H3. The molecule has 0 aromatic heterocycles. The molecule has 0 aliphatic rings. The van der Waals surface area contributed by atoms with Crippen molar-refractivity contribution in [3.63, 3.8) is 0 Å². The second-order valence-electron chi connectivity index (χ2n) is 6.40. The van der Waals surface area contributed by atoms with Crippen molar-refractivity contribution in [2.75, 3.05) is 11.8 Å². The van der Waals surface area contributed by atoms with Gasteiger partial charge in [0.1, 0.15) is 0 Å². The van der Waals surface area contributed by atoms with Crippen LogP contribution in [0.2, 0.25) is 10.0 Å². The molecule has 8 heteroatoms. The van der Waals surface area contributed by atoms with Gasteiger partial charge in [-0.1, -0.05) is 53.5 Å². The first-order valence-corrected chi connectivity index (χ1v) is 10.9. The third-order valence-corrected chi connectivity index (χ3v) is 6.16. The zero-order chi connectivity index (χ0) is 21.0. The van der Waals surface area contributed by atoms with Crippen molar-refractivity contribution < 1.29 is 13.2 Å². The maximum Gasteiger partial charge on any atom is 0.261 e. The maximum atomic E-state index is 12.9. The Morgan fingerprint density at radius 2 is 1.62 bits per heavy atom. The Kier molecular flexibility index (Phi) is 6.47. The Morgan fingerprint density at radius 1 is 0.966 bits per heavy atom. The fourth-order valence-electron chi connectivity index (χ4n) is 2.71. The van der Waals surface area contributed by atoms with Gasteiger partial charge in [-0.3, -0.25) is 9.52 Å². The lowest BCUT2D eigenvalue weighted by molar-refractivity contribution is 0.0785. The SMILES string of the molecule is CN(Cc1ccc(Cl)cc1)C(=O)c1cc(NS(=O)(=O)c2ccccc2)ccc1Cl. The number of benzene rings is 3. The fourth-order valence-corrected chi connectivity index (χ4v) is 4.10. The molecule has 0 saturated heterocycles. The summed E-state index contributed by atoms with van der Waals surface area (Å²) in [7, 11) is -2.13. The number of nitrogens with zero attached hydrogens (tertiary/aromatic N) is 1. The van der Waals surface area contributed by atoms with Crippen LogP contribution in [0, 0.1) is 0 Å². The molecule has 0 heterocycles. The second-order valence-corrected chi connectivity index (χ2v) is 8.93. The summed E-state index contributed by atoms with van der Waals surface area (Å²) in [4.78, 5) is 14.5. The van der Waals surface area contributed by atoms with Crippen molar-refractivity contribution >= 4 is 44.8 Å². The predicted molar refractivity (Wildman–Crippen MR) is 116 cm³/mol. The highest BCUT2D eigenvalue weighted by Gasteiger charge is 2.19. The zero-order valence-corrected chi connectivity index (χ0v) is 17.8. The lowest BCUT2D eigenvalue weighted by atomic mass is 10.1. The van der Waals surface area contributed by atoms with E-state index < -0.39 is 10.0 Å². The van der Waals surface area contributed by atoms with Crippen molar-refractivity contribution in [3.05, 3.63) is 94.0 Å². The number of hydrogen-bond acceptors (Lipinski definition) is 3. The molecule has 0 saturated carbocycles. The number of carbonyl (C=O) groups is 1. The first-order valence-electron chi connectivity index (χ1n) is 8.63. The summed E-state index contributed by atoms with van der Waals surface area (Å²) in [5.41, 5.74) is 1.36. The molecule has 0 radical (unpaired) electrons. The van der Waals surface area contributed by atoms with E-state index in [0.29, 0.717) is 11.6 Å². The minimum atomic E-state index is -3.77. The largest absolute Gasteiger partial charge is 0.337 e. The smallest absolute Gasteiger partial charge is 0.261 e. The van der Waals surface area contributed by atoms with Crippen molar-refractivity contribution in [2.45, 2.75) is 11.4 Å². The van der Waals surface area contributed by atoms with Gasteiger partial charge in [-0.2, -0.15) is 0 Å². The molecule has 0 spiro atoms. The van der Waals surface area contributed by atoms with E-state index in [0.717, 1.165) is 5.56 Å². The van der Waals surface area contributed by atoms with E-state index in [9.17, 15) is 13.2 Å². The van der Waals surface area contributed by atoms with Gasteiger partial charge < -0.3 is 4.90 Å². The normalized spacial score (nSPS) is 11.1. The molecule has 150 valence electrons. The third kappa shape index (κ3) is 5.29. The van der Waals surface area contributed by atoms with Crippen molar-refractivity contribution in [2.24, 2.45) is 0 Å². The topological polar surface area (TPSA) is 66.5 Å². The summed E-state index contributed by atoms with van der Waals surface area (Å²) >= 11 is 12.1. The minimum Gasteiger partial charge on any atom is -0.337 e. The number of sulfonamides is 1. The highest BCUT2D eigenvalue weighted by atomic mass is 35.5. The van der Waals surface area contributed by atoms with Crippen LogP contribution in [0.15, 0.2) is 77.7 Å². The molecule has 0 aliphatic carbocycles. The fraction of sp³-hybridized carbons (Fsp3) is 0.0952. The van der Waals surface area contributed by atoms with Gasteiger partial charge in [0.05, 0.1) is 15.5 Å². The van der Waals surface area contributed by atoms with Gasteiger partial charge in [0, 0.05) is 24.3 Å². The summed E-state index contributed by atoms with van der Waals surface area (Å²) in [5, 5.41) is 0.852. The second kappa shape index (κ2) is 8.86. The van der Waals surface area contributed by atoms with Gasteiger partial charge in [-0.15, -0.1) is 0 Å². The quantitative estimate of drug-likeness (QED) is 0.572. The molecule has 0 unspecified atom stereocenters. The van der Waals surface area contributed by atoms with Crippen LogP contribution < -0.4 is 4.72 Å². The van der Waals surface area contributed by atoms with Gasteiger partial charge in [0.15, 0.2) is 0 Å². The Bertz CT molecular complexity index is 1120. The Morgan fingerprint density at radius 3 is 2.28 bits per heavy atom. The number of halogens is 2. The highest BCUT2D eigenvalue weighted by molar-refractivity contribution is 7.92. The number of amides is 1. The molecule has 3 aromatic rings. The van der Waals surface area contributed by atoms with Crippen LogP contribution in [0.1, 0.15) is 15.9 Å². The Labute approximate surface area is 179 Å². The van der Waals surface area contributed by atoms with E-state index in [4.69, 9.17) is 23.2 Å². The van der Waals surface area contributed by atoms with Crippen molar-refractivity contribution in [1.82, 2.24) is 4.90 Å². The van der Waals surface area contributed by atoms with E-state index in [2.05, 4.69) is 4.72 Å². The lowest BCUT2D eigenvalue weighted by Gasteiger charge is -2.19. The molecule has 0 fully saturated rings. The Hall–Kier alpha value is -2.54. The molecule has 3 aromatic carbocycles. The summed E-state index contributed by atoms with van der Waals surface area (Å²) in [6.07, 6.45) is 0. The van der Waals surface area contributed by atoms with Gasteiger partial charge in [-0.05, 0) is 48.0 Å². The molecule has 3 rings (SSSR count). The summed E-state index contributed by atoms with van der Waals surface area (Å²) < 4.78 is 27.5. The monoisotopic (exact) mass is 448 g/mol. The van der Waals surface area contributed by atoms with Gasteiger partial charge in [0.25, 0.3) is 15.9 Å². The van der Waals surface area contributed by atoms with E-state index in [1.54, 1.807) is 37.4 Å². The van der Waals surface area contributed by atoms with Gasteiger partial charge in [-0.25, -0.2) is 8.42 Å². The maximum absolute atomic E-state index is 12.9. The highest BCUT2D eigenvalue weighted by Crippen LogP contribution is 2.24. The van der Waals surface area contributed by atoms with E-state index in [1.165, 1.54) is 35.2 Å². The van der Waals surface area contributed by atoms with E-state index in [-0.39, 0.29) is 27.1 Å². The number of rotatable bonds is 6. The molecule has 29 heavy (non-hydrogen) atoms. The molecule has 0 bridgehead atoms. The number of nitrogens with one attached hydrogen (secondary N) is 1. The number of carbonyl (C=O) groups excluding carboxylic acids is 1. The van der Waals surface area contributed by atoms with Crippen LogP contribution in [0.25, 0.3) is 0 Å². The zero-order valence-electron chi connectivity index (χ0n) is 15.5. The minimum absolute atomic E-state index is 0.127. The first kappa shape index (κ1) is 21.2. The first-order chi connectivity index (χ1) is 13.8. The van der Waals surface area contributed by atoms with Crippen LogP contribution in [0.4, 0.5) is 5.69 Å². The third-order valence-electron chi connectivity index (χ3n) is 4.18. The average Bonchev–Trinajstić information content (AvgIpc) is 2.71. The molecule has 1 N–H and O–H groups in total. The van der Waals surface area contributed by atoms with Crippen LogP contribution in [0.3, 0.4) is 0 Å². The summed E-state index contributed by atoms with van der Waals surface area (Å²) in [5.74, 6) is -0.328. The predicted octanol–water partition coefficient (Wildman–Crippen LogP) is 5.07. The van der Waals surface area contributed by atoms with Crippen LogP contribution in [-0.4, -0.2) is 26.3 Å². The molecule has 0 aliphatic heterocycles. The Balaban J connectivity index is 1.81. The van der Waals surface area contributed by atoms with E-state index >= 15 is 0 Å². The van der Waals surface area contributed by atoms with Crippen LogP contribution >= 0.6 is 23.2 Å². The number of hydrogen-bond donors (Lipinski definition) is 1. The van der Waals surface area contributed by atoms with Gasteiger partial charge in [0.2, 0.25) is 0 Å². The van der Waals surface area contributed by atoms with Crippen LogP contribution in [-0.2, 0) is 16.6 Å². The van der Waals surface area contributed by atoms with E-state index in [1.807, 2.05) is 12.1 Å². The number of anilines is 1. The average molecular weight is 449 g/mol. The molecular formula is C21H18Cl2N2O3S. The lowest BCUT2D eigenvalue weighted by Crippen LogP contribution is -2.26. The molecule has 1 amide bonds. The van der Waals surface area contributed by atoms with Gasteiger partial charge >= 0.3 is 0 Å². The molecule has 5 nitrogen and oxygen atoms in total. The molecular weight excluding hydrogens is 431 g/mol. The summed E-state index contributed by atoms with van der Waals surface area (Å²) in [6, 6.07) is 19.6. The molecule has 0 atom stereocenters. The van der Waals surface area contributed by atoms with Crippen LogP contribution in [0.5, 0.6) is 0 Å². The summed E-state index contributed by atoms with van der Waals surface area (Å²) in [6.45, 7) is 0.353.